The molecule has 0 radical (unpaired) electrons. The number of benzene rings is 2. The van der Waals surface area contributed by atoms with E-state index in [4.69, 9.17) is 16.9 Å². The topological polar surface area (TPSA) is 89.0 Å². The smallest absolute Gasteiger partial charge is 0.329 e. The summed E-state index contributed by atoms with van der Waals surface area (Å²) in [5, 5.41) is 11.7. The lowest BCUT2D eigenvalue weighted by atomic mass is 10.1. The first-order chi connectivity index (χ1) is 13.9. The number of urea groups is 1. The van der Waals surface area contributed by atoms with Crippen LogP contribution in [0.25, 0.3) is 17.0 Å². The minimum absolute atomic E-state index is 0.000347. The number of nitriles is 1. The zero-order valence-corrected chi connectivity index (χ0v) is 15.3. The second-order valence-electron chi connectivity index (χ2n) is 6.33. The van der Waals surface area contributed by atoms with Gasteiger partial charge in [0, 0.05) is 17.1 Å². The lowest BCUT2D eigenvalue weighted by Gasteiger charge is -2.12. The van der Waals surface area contributed by atoms with Gasteiger partial charge in [0.25, 0.3) is 5.91 Å². The first-order valence-electron chi connectivity index (χ1n) is 8.37. The fourth-order valence-corrected chi connectivity index (χ4v) is 3.24. The molecule has 0 spiro atoms. The van der Waals surface area contributed by atoms with E-state index < -0.39 is 23.6 Å². The van der Waals surface area contributed by atoms with Gasteiger partial charge in [-0.25, -0.2) is 13.6 Å². The molecule has 1 aliphatic rings. The number of aromatic amines is 1. The highest BCUT2D eigenvalue weighted by Crippen LogP contribution is 2.28. The van der Waals surface area contributed by atoms with Crippen molar-refractivity contribution in [2.75, 3.05) is 0 Å². The van der Waals surface area contributed by atoms with Crippen LogP contribution in [0.1, 0.15) is 16.7 Å². The first-order valence-corrected chi connectivity index (χ1v) is 8.75. The van der Waals surface area contributed by atoms with E-state index in [-0.39, 0.29) is 28.3 Å². The number of imide groups is 1. The summed E-state index contributed by atoms with van der Waals surface area (Å²) in [5.74, 6) is -1.95. The van der Waals surface area contributed by atoms with Gasteiger partial charge in [0.05, 0.1) is 22.6 Å². The molecule has 1 aromatic heterocycles. The Morgan fingerprint density at radius 1 is 1.21 bits per heavy atom. The second-order valence-corrected chi connectivity index (χ2v) is 6.74. The number of fused-ring (bicyclic) bond motifs is 1. The third-order valence-corrected chi connectivity index (χ3v) is 4.83. The maximum absolute atomic E-state index is 14.1. The Morgan fingerprint density at radius 2 is 2.00 bits per heavy atom. The van der Waals surface area contributed by atoms with Crippen molar-refractivity contribution in [2.24, 2.45) is 0 Å². The van der Waals surface area contributed by atoms with E-state index in [1.54, 1.807) is 12.1 Å². The predicted molar refractivity (Wildman–Crippen MR) is 101 cm³/mol. The van der Waals surface area contributed by atoms with E-state index in [9.17, 15) is 18.4 Å². The SMILES string of the molecule is N#Cc1ccc(CN2C(=O)N/C(=C\c3c[nH]c4c(F)c(Cl)ccc34)C2=O)cc1F. The molecule has 2 aromatic carbocycles. The number of amides is 3. The van der Waals surface area contributed by atoms with E-state index in [0.29, 0.717) is 16.5 Å². The van der Waals surface area contributed by atoms with Crippen molar-refractivity contribution in [3.8, 4) is 6.07 Å². The minimum Gasteiger partial charge on any atom is -0.358 e. The lowest BCUT2D eigenvalue weighted by Crippen LogP contribution is -2.30. The molecule has 0 saturated carbocycles. The Labute approximate surface area is 168 Å². The fourth-order valence-electron chi connectivity index (χ4n) is 3.08. The summed E-state index contributed by atoms with van der Waals surface area (Å²) in [4.78, 5) is 28.5. The Kier molecular flexibility index (Phi) is 4.53. The number of nitrogens with zero attached hydrogens (tertiary/aromatic N) is 2. The molecule has 1 aliphatic heterocycles. The van der Waals surface area contributed by atoms with Crippen LogP contribution in [0.2, 0.25) is 5.02 Å². The molecule has 29 heavy (non-hydrogen) atoms. The highest BCUT2D eigenvalue weighted by Gasteiger charge is 2.33. The van der Waals surface area contributed by atoms with Gasteiger partial charge in [0.2, 0.25) is 0 Å². The Bertz CT molecular complexity index is 1260. The van der Waals surface area contributed by atoms with Gasteiger partial charge in [-0.3, -0.25) is 9.69 Å². The van der Waals surface area contributed by atoms with Crippen LogP contribution in [0, 0.1) is 23.0 Å². The van der Waals surface area contributed by atoms with Gasteiger partial charge in [0.15, 0.2) is 5.82 Å². The third-order valence-electron chi connectivity index (χ3n) is 4.53. The molecule has 144 valence electrons. The number of H-pyrrole nitrogens is 1. The standard InChI is InChI=1S/C20H11ClF2N4O2/c21-14-4-3-13-12(8-25-18(13)17(14)23)6-16-19(28)27(20(29)26-16)9-10-1-2-11(7-24)15(22)5-10/h1-6,8,25H,9H2,(H,26,29)/b16-6-. The largest absolute Gasteiger partial charge is 0.358 e. The molecule has 6 nitrogen and oxygen atoms in total. The molecule has 0 atom stereocenters. The molecule has 0 aliphatic carbocycles. The van der Waals surface area contributed by atoms with Crippen LogP contribution in [0.15, 0.2) is 42.2 Å². The maximum Gasteiger partial charge on any atom is 0.329 e. The number of carbonyl (C=O) groups excluding carboxylic acids is 2. The van der Waals surface area contributed by atoms with Crippen LogP contribution < -0.4 is 5.32 Å². The van der Waals surface area contributed by atoms with Gasteiger partial charge in [-0.05, 0) is 29.8 Å². The molecule has 2 N–H and O–H groups in total. The second kappa shape index (κ2) is 7.04. The number of rotatable bonds is 3. The van der Waals surface area contributed by atoms with Crippen molar-refractivity contribution in [2.45, 2.75) is 6.54 Å². The Morgan fingerprint density at radius 3 is 2.72 bits per heavy atom. The summed E-state index contributed by atoms with van der Waals surface area (Å²) in [5.41, 5.74) is 0.908. The third kappa shape index (κ3) is 3.22. The van der Waals surface area contributed by atoms with Crippen LogP contribution >= 0.6 is 11.6 Å². The zero-order chi connectivity index (χ0) is 20.7. The highest BCUT2D eigenvalue weighted by atomic mass is 35.5. The lowest BCUT2D eigenvalue weighted by molar-refractivity contribution is -0.123. The fraction of sp³-hybridized carbons (Fsp3) is 0.0500. The predicted octanol–water partition coefficient (Wildman–Crippen LogP) is 4.06. The molecular weight excluding hydrogens is 402 g/mol. The van der Waals surface area contributed by atoms with Gasteiger partial charge in [-0.15, -0.1) is 0 Å². The number of carbonyl (C=O) groups is 2. The Hall–Kier alpha value is -3.70. The van der Waals surface area contributed by atoms with Crippen LogP contribution in [-0.4, -0.2) is 21.8 Å². The molecule has 3 aromatic rings. The van der Waals surface area contributed by atoms with Crippen molar-refractivity contribution in [1.82, 2.24) is 15.2 Å². The van der Waals surface area contributed by atoms with Crippen molar-refractivity contribution in [3.63, 3.8) is 0 Å². The molecule has 0 bridgehead atoms. The van der Waals surface area contributed by atoms with Gasteiger partial charge in [-0.2, -0.15) is 5.26 Å². The van der Waals surface area contributed by atoms with E-state index in [1.807, 2.05) is 0 Å². The quantitative estimate of drug-likeness (QED) is 0.502. The molecule has 0 unspecified atom stereocenters. The highest BCUT2D eigenvalue weighted by molar-refractivity contribution is 6.31. The molecule has 4 rings (SSSR count). The Balaban J connectivity index is 1.62. The monoisotopic (exact) mass is 412 g/mol. The van der Waals surface area contributed by atoms with Crippen LogP contribution in [-0.2, 0) is 11.3 Å². The van der Waals surface area contributed by atoms with Crippen molar-refractivity contribution >= 4 is 40.5 Å². The van der Waals surface area contributed by atoms with Crippen molar-refractivity contribution < 1.29 is 18.4 Å². The summed E-state index contributed by atoms with van der Waals surface area (Å²) >= 11 is 5.76. The summed E-state index contributed by atoms with van der Waals surface area (Å²) in [6, 6.07) is 7.89. The van der Waals surface area contributed by atoms with Crippen LogP contribution in [0.5, 0.6) is 0 Å². The summed E-state index contributed by atoms with van der Waals surface area (Å²) in [7, 11) is 0. The van der Waals surface area contributed by atoms with E-state index in [0.717, 1.165) is 11.0 Å². The number of halogens is 3. The molecule has 3 amide bonds. The minimum atomic E-state index is -0.729. The van der Waals surface area contributed by atoms with Crippen LogP contribution in [0.3, 0.4) is 0 Å². The van der Waals surface area contributed by atoms with Crippen molar-refractivity contribution in [3.05, 3.63) is 75.6 Å². The molecule has 9 heteroatoms. The van der Waals surface area contributed by atoms with Gasteiger partial charge in [-0.1, -0.05) is 23.7 Å². The average molecular weight is 413 g/mol. The van der Waals surface area contributed by atoms with Crippen LogP contribution in [0.4, 0.5) is 13.6 Å². The molecule has 2 heterocycles. The maximum atomic E-state index is 14.1. The number of nitrogens with one attached hydrogen (secondary N) is 2. The number of aromatic nitrogens is 1. The number of hydrogen-bond donors (Lipinski definition) is 2. The van der Waals surface area contributed by atoms with E-state index >= 15 is 0 Å². The zero-order valence-electron chi connectivity index (χ0n) is 14.6. The average Bonchev–Trinajstić information content (AvgIpc) is 3.22. The van der Waals surface area contributed by atoms with E-state index in [2.05, 4.69) is 10.3 Å². The molecule has 1 fully saturated rings. The summed E-state index contributed by atoms with van der Waals surface area (Å²) in [6.45, 7) is -0.164. The molecular formula is C20H11ClF2N4O2. The van der Waals surface area contributed by atoms with Gasteiger partial charge in [0.1, 0.15) is 17.6 Å². The number of hydrogen-bond acceptors (Lipinski definition) is 3. The van der Waals surface area contributed by atoms with Gasteiger partial charge >= 0.3 is 6.03 Å². The normalized spacial score (nSPS) is 15.2. The molecule has 1 saturated heterocycles. The summed E-state index contributed by atoms with van der Waals surface area (Å²) < 4.78 is 27.9. The van der Waals surface area contributed by atoms with E-state index in [1.165, 1.54) is 30.5 Å². The van der Waals surface area contributed by atoms with Gasteiger partial charge < -0.3 is 10.3 Å². The van der Waals surface area contributed by atoms with Crippen molar-refractivity contribution in [1.29, 1.82) is 5.26 Å². The first kappa shape index (κ1) is 18.7. The summed E-state index contributed by atoms with van der Waals surface area (Å²) in [6.07, 6.45) is 2.92.